The molecular weight excluding hydrogens is 192 g/mol. The largest absolute Gasteiger partial charge is 0.393 e. The quantitative estimate of drug-likeness (QED) is 0.663. The maximum absolute atomic E-state index is 5.59. The van der Waals surface area contributed by atoms with E-state index >= 15 is 0 Å². The van der Waals surface area contributed by atoms with E-state index in [2.05, 4.69) is 32.7 Å². The molecule has 3 heteroatoms. The second kappa shape index (κ2) is 7.18. The average molecular weight is 216 g/mol. The van der Waals surface area contributed by atoms with Gasteiger partial charge in [-0.2, -0.15) is 0 Å². The lowest BCUT2D eigenvalue weighted by molar-refractivity contribution is 0.163. The Hall–Kier alpha value is -0.150. The fourth-order valence-electron chi connectivity index (χ4n) is 1.97. The third-order valence-corrected chi connectivity index (χ3v) is 3.17. The van der Waals surface area contributed by atoms with Crippen LogP contribution in [0.4, 0.5) is 0 Å². The monoisotopic (exact) mass is 216 g/mol. The van der Waals surface area contributed by atoms with Crippen molar-refractivity contribution < 1.29 is 0 Å². The Kier molecular flexibility index (Phi) is 7.11. The highest BCUT2D eigenvalue weighted by Crippen LogP contribution is 2.15. The third kappa shape index (κ3) is 4.38. The van der Waals surface area contributed by atoms with E-state index in [1.54, 1.807) is 0 Å². The molecule has 0 fully saturated rings. The molecule has 0 aromatic rings. The first-order valence-corrected chi connectivity index (χ1v) is 5.97. The summed E-state index contributed by atoms with van der Waals surface area (Å²) in [6, 6.07) is 1.17. The van der Waals surface area contributed by atoms with Crippen LogP contribution < -0.4 is 5.73 Å². The van der Waals surface area contributed by atoms with Gasteiger partial charge in [-0.3, -0.25) is 0 Å². The minimum Gasteiger partial charge on any atom is -0.393 e. The molecule has 2 nitrogen and oxygen atoms in total. The number of hydrogen-bond acceptors (Lipinski definition) is 2. The van der Waals surface area contributed by atoms with Crippen molar-refractivity contribution in [2.45, 2.75) is 58.5 Å². The summed E-state index contributed by atoms with van der Waals surface area (Å²) in [5.41, 5.74) is 5.59. The number of hydrogen-bond donors (Lipinski definition) is 1. The van der Waals surface area contributed by atoms with E-state index in [1.807, 2.05) is 0 Å². The summed E-state index contributed by atoms with van der Waals surface area (Å²) in [6.45, 7) is 6.66. The molecule has 84 valence electrons. The van der Waals surface area contributed by atoms with Crippen molar-refractivity contribution in [3.05, 3.63) is 0 Å². The number of nitrogens with two attached hydrogens (primary N) is 1. The van der Waals surface area contributed by atoms with Crippen molar-refractivity contribution in [3.8, 4) is 0 Å². The molecule has 0 aliphatic rings. The van der Waals surface area contributed by atoms with Crippen LogP contribution in [-0.2, 0) is 0 Å². The average Bonchev–Trinajstić information content (AvgIpc) is 2.15. The van der Waals surface area contributed by atoms with Crippen LogP contribution in [0.15, 0.2) is 0 Å². The fraction of sp³-hybridized carbons (Fsp3) is 0.909. The highest BCUT2D eigenvalue weighted by molar-refractivity contribution is 7.80. The molecule has 0 saturated carbocycles. The Labute approximate surface area is 93.8 Å². The van der Waals surface area contributed by atoms with E-state index in [0.29, 0.717) is 17.1 Å². The number of thiocarbonyl (C=S) groups is 1. The van der Waals surface area contributed by atoms with E-state index in [-0.39, 0.29) is 0 Å². The normalized spacial score (nSPS) is 13.6. The first kappa shape index (κ1) is 13.8. The molecule has 14 heavy (non-hydrogen) atoms. The van der Waals surface area contributed by atoms with Crippen molar-refractivity contribution in [2.24, 2.45) is 5.73 Å². The van der Waals surface area contributed by atoms with Crippen molar-refractivity contribution in [3.63, 3.8) is 0 Å². The third-order valence-electron chi connectivity index (χ3n) is 3.00. The summed E-state index contributed by atoms with van der Waals surface area (Å²) in [6.07, 6.45) is 4.35. The highest BCUT2D eigenvalue weighted by atomic mass is 32.1. The standard InChI is InChI=1S/C11H24N2S/c1-5-9(6-2)13(4)10(7-3)8-11(12)14/h9-10H,5-8H2,1-4H3,(H2,12,14). The summed E-state index contributed by atoms with van der Waals surface area (Å²) in [5, 5.41) is 0. The maximum Gasteiger partial charge on any atom is 0.0743 e. The minimum atomic E-state index is 0.511. The summed E-state index contributed by atoms with van der Waals surface area (Å²) in [7, 11) is 2.18. The molecule has 0 rings (SSSR count). The molecule has 1 atom stereocenters. The van der Waals surface area contributed by atoms with Gasteiger partial charge >= 0.3 is 0 Å². The Morgan fingerprint density at radius 3 is 1.86 bits per heavy atom. The minimum absolute atomic E-state index is 0.511. The molecule has 0 amide bonds. The Bertz CT molecular complexity index is 167. The molecule has 0 aromatic carbocycles. The lowest BCUT2D eigenvalue weighted by atomic mass is 10.0. The maximum atomic E-state index is 5.59. The zero-order chi connectivity index (χ0) is 11.1. The van der Waals surface area contributed by atoms with Crippen molar-refractivity contribution in [2.75, 3.05) is 7.05 Å². The van der Waals surface area contributed by atoms with Crippen molar-refractivity contribution >= 4 is 17.2 Å². The van der Waals surface area contributed by atoms with E-state index in [4.69, 9.17) is 18.0 Å². The molecule has 0 aliphatic carbocycles. The lowest BCUT2D eigenvalue weighted by Gasteiger charge is -2.33. The molecule has 2 N–H and O–H groups in total. The van der Waals surface area contributed by atoms with Gasteiger partial charge < -0.3 is 10.6 Å². The zero-order valence-corrected chi connectivity index (χ0v) is 10.7. The topological polar surface area (TPSA) is 29.3 Å². The predicted molar refractivity (Wildman–Crippen MR) is 67.6 cm³/mol. The first-order chi connectivity index (χ1) is 6.56. The van der Waals surface area contributed by atoms with Gasteiger partial charge in [0.2, 0.25) is 0 Å². The van der Waals surface area contributed by atoms with Gasteiger partial charge in [0.05, 0.1) is 4.99 Å². The van der Waals surface area contributed by atoms with Crippen LogP contribution in [0.5, 0.6) is 0 Å². The smallest absolute Gasteiger partial charge is 0.0743 e. The summed E-state index contributed by atoms with van der Waals surface area (Å²) < 4.78 is 0. The summed E-state index contributed by atoms with van der Waals surface area (Å²) in [4.78, 5) is 3.06. The van der Waals surface area contributed by atoms with Gasteiger partial charge in [0.1, 0.15) is 0 Å². The molecule has 0 bridgehead atoms. The van der Waals surface area contributed by atoms with Crippen LogP contribution in [0.1, 0.15) is 46.5 Å². The van der Waals surface area contributed by atoms with E-state index in [9.17, 15) is 0 Å². The Morgan fingerprint density at radius 1 is 1.14 bits per heavy atom. The van der Waals surface area contributed by atoms with Gasteiger partial charge in [0.15, 0.2) is 0 Å². The van der Waals surface area contributed by atoms with Gasteiger partial charge in [-0.05, 0) is 26.3 Å². The second-order valence-corrected chi connectivity index (χ2v) is 4.39. The van der Waals surface area contributed by atoms with Crippen LogP contribution in [0.25, 0.3) is 0 Å². The predicted octanol–water partition coefficient (Wildman–Crippen LogP) is 2.56. The van der Waals surface area contributed by atoms with Crippen LogP contribution >= 0.6 is 12.2 Å². The molecule has 0 radical (unpaired) electrons. The lowest BCUT2D eigenvalue weighted by Crippen LogP contribution is -2.41. The molecule has 0 heterocycles. The molecule has 1 unspecified atom stereocenters. The summed E-state index contributed by atoms with van der Waals surface area (Å²) >= 11 is 4.97. The molecule has 0 saturated heterocycles. The van der Waals surface area contributed by atoms with E-state index in [0.717, 1.165) is 12.8 Å². The molecule has 0 aliphatic heterocycles. The number of nitrogens with zero attached hydrogens (tertiary/aromatic N) is 1. The van der Waals surface area contributed by atoms with E-state index in [1.165, 1.54) is 12.8 Å². The van der Waals surface area contributed by atoms with Gasteiger partial charge in [-0.15, -0.1) is 0 Å². The zero-order valence-electron chi connectivity index (χ0n) is 9.92. The van der Waals surface area contributed by atoms with Crippen LogP contribution in [0, 0.1) is 0 Å². The van der Waals surface area contributed by atoms with E-state index < -0.39 is 0 Å². The highest BCUT2D eigenvalue weighted by Gasteiger charge is 2.19. The fourth-order valence-corrected chi connectivity index (χ4v) is 2.16. The Morgan fingerprint density at radius 2 is 1.57 bits per heavy atom. The Balaban J connectivity index is 4.27. The van der Waals surface area contributed by atoms with Gasteiger partial charge in [0, 0.05) is 18.5 Å². The first-order valence-electron chi connectivity index (χ1n) is 5.56. The van der Waals surface area contributed by atoms with Crippen LogP contribution in [0.2, 0.25) is 0 Å². The molecule has 0 aromatic heterocycles. The SMILES string of the molecule is CCC(CC)N(C)C(CC)CC(N)=S. The molecule has 0 spiro atoms. The summed E-state index contributed by atoms with van der Waals surface area (Å²) in [5.74, 6) is 0. The van der Waals surface area contributed by atoms with Crippen molar-refractivity contribution in [1.82, 2.24) is 4.90 Å². The number of rotatable bonds is 7. The molecular formula is C11H24N2S. The van der Waals surface area contributed by atoms with Gasteiger partial charge in [-0.1, -0.05) is 33.0 Å². The van der Waals surface area contributed by atoms with Crippen LogP contribution in [-0.4, -0.2) is 29.0 Å². The van der Waals surface area contributed by atoms with Gasteiger partial charge in [-0.25, -0.2) is 0 Å². The second-order valence-electron chi connectivity index (χ2n) is 3.87. The van der Waals surface area contributed by atoms with Crippen LogP contribution in [0.3, 0.4) is 0 Å². The van der Waals surface area contributed by atoms with Crippen molar-refractivity contribution in [1.29, 1.82) is 0 Å². The van der Waals surface area contributed by atoms with Gasteiger partial charge in [0.25, 0.3) is 0 Å².